The predicted molar refractivity (Wildman–Crippen MR) is 97.6 cm³/mol. The third kappa shape index (κ3) is 3.89. The molecule has 3 aromatic rings. The second-order valence-electron chi connectivity index (χ2n) is 5.30. The second-order valence-corrected chi connectivity index (χ2v) is 6.78. The molecular formula is C18H15ClFN3O2S. The minimum absolute atomic E-state index is 0.153. The molecule has 0 N–H and O–H groups in total. The van der Waals surface area contributed by atoms with E-state index in [2.05, 4.69) is 10.1 Å². The van der Waals surface area contributed by atoms with Crippen molar-refractivity contribution in [3.8, 4) is 5.69 Å². The van der Waals surface area contributed by atoms with E-state index in [9.17, 15) is 9.18 Å². The zero-order chi connectivity index (χ0) is 18.7. The van der Waals surface area contributed by atoms with Gasteiger partial charge >= 0.3 is 5.97 Å². The number of carbonyl (C=O) groups excluding carboxylic acids is 1. The number of aromatic nitrogens is 3. The highest BCUT2D eigenvalue weighted by Gasteiger charge is 2.19. The zero-order valence-corrected chi connectivity index (χ0v) is 15.6. The minimum Gasteiger partial charge on any atom is -0.461 e. The molecule has 0 fully saturated rings. The molecule has 0 aliphatic carbocycles. The number of benzene rings is 1. The van der Waals surface area contributed by atoms with E-state index in [1.807, 2.05) is 0 Å². The van der Waals surface area contributed by atoms with Gasteiger partial charge in [0.05, 0.1) is 12.3 Å². The lowest BCUT2D eigenvalue weighted by atomic mass is 10.2. The van der Waals surface area contributed by atoms with Crippen LogP contribution in [0.4, 0.5) is 4.39 Å². The molecule has 0 aliphatic heterocycles. The van der Waals surface area contributed by atoms with Gasteiger partial charge in [-0.15, -0.1) is 0 Å². The molecule has 2 heterocycles. The molecule has 3 rings (SSSR count). The number of carbonyl (C=O) groups is 1. The lowest BCUT2D eigenvalue weighted by Crippen LogP contribution is -2.07. The van der Waals surface area contributed by atoms with Gasteiger partial charge in [0.2, 0.25) is 0 Å². The van der Waals surface area contributed by atoms with Gasteiger partial charge in [-0.1, -0.05) is 29.4 Å². The van der Waals surface area contributed by atoms with Crippen molar-refractivity contribution in [2.75, 3.05) is 6.61 Å². The SMILES string of the molecule is CCOC(=O)c1cc(Sc2ccc(Cl)nc2)n(-c2cccc(F)c2C)n1. The topological polar surface area (TPSA) is 57.0 Å². The standard InChI is InChI=1S/C18H15ClFN3O2S/c1-3-25-18(24)14-9-17(26-12-7-8-16(19)21-10-12)23(22-14)15-6-4-5-13(20)11(15)2/h4-10H,3H2,1-2H3. The molecule has 134 valence electrons. The van der Waals surface area contributed by atoms with Crippen molar-refractivity contribution in [2.45, 2.75) is 23.8 Å². The van der Waals surface area contributed by atoms with E-state index in [0.717, 1.165) is 4.90 Å². The summed E-state index contributed by atoms with van der Waals surface area (Å²) in [5.74, 6) is -0.879. The molecular weight excluding hydrogens is 377 g/mol. The first-order valence-corrected chi connectivity index (χ1v) is 9.01. The van der Waals surface area contributed by atoms with Gasteiger partial charge in [-0.25, -0.2) is 18.9 Å². The molecule has 0 bridgehead atoms. The van der Waals surface area contributed by atoms with Gasteiger partial charge < -0.3 is 4.74 Å². The van der Waals surface area contributed by atoms with Crippen LogP contribution >= 0.6 is 23.4 Å². The van der Waals surface area contributed by atoms with Crippen molar-refractivity contribution >= 4 is 29.3 Å². The van der Waals surface area contributed by atoms with Gasteiger partial charge in [-0.2, -0.15) is 5.10 Å². The average Bonchev–Trinajstić information content (AvgIpc) is 3.03. The van der Waals surface area contributed by atoms with E-state index >= 15 is 0 Å². The van der Waals surface area contributed by atoms with E-state index in [4.69, 9.17) is 16.3 Å². The number of hydrogen-bond acceptors (Lipinski definition) is 5. The Hall–Kier alpha value is -2.38. The molecule has 0 amide bonds. The molecule has 0 saturated heterocycles. The first-order valence-electron chi connectivity index (χ1n) is 7.81. The normalized spacial score (nSPS) is 10.8. The van der Waals surface area contributed by atoms with Crippen LogP contribution < -0.4 is 0 Å². The third-order valence-electron chi connectivity index (χ3n) is 3.55. The Kier molecular flexibility index (Phi) is 5.58. The average molecular weight is 392 g/mol. The summed E-state index contributed by atoms with van der Waals surface area (Å²) in [5.41, 5.74) is 1.13. The molecule has 2 aromatic heterocycles. The summed E-state index contributed by atoms with van der Waals surface area (Å²) in [4.78, 5) is 16.9. The highest BCUT2D eigenvalue weighted by molar-refractivity contribution is 7.99. The van der Waals surface area contributed by atoms with Crippen molar-refractivity contribution in [1.82, 2.24) is 14.8 Å². The summed E-state index contributed by atoms with van der Waals surface area (Å²) in [6, 6.07) is 9.81. The van der Waals surface area contributed by atoms with Gasteiger partial charge in [0, 0.05) is 22.7 Å². The first-order chi connectivity index (χ1) is 12.5. The summed E-state index contributed by atoms with van der Waals surface area (Å²) < 4.78 is 20.5. The molecule has 26 heavy (non-hydrogen) atoms. The summed E-state index contributed by atoms with van der Waals surface area (Å²) in [6.45, 7) is 3.63. The van der Waals surface area contributed by atoms with Crippen LogP contribution in [0.5, 0.6) is 0 Å². The number of rotatable bonds is 5. The number of pyridine rings is 1. The largest absolute Gasteiger partial charge is 0.461 e. The molecule has 1 aromatic carbocycles. The monoisotopic (exact) mass is 391 g/mol. The van der Waals surface area contributed by atoms with Crippen molar-refractivity contribution in [2.24, 2.45) is 0 Å². The molecule has 0 aliphatic rings. The Labute approximate surface area is 159 Å². The molecule has 0 saturated carbocycles. The van der Waals surface area contributed by atoms with Gasteiger partial charge in [-0.3, -0.25) is 0 Å². The van der Waals surface area contributed by atoms with Gasteiger partial charge in [-0.05, 0) is 38.1 Å². The Balaban J connectivity index is 2.07. The van der Waals surface area contributed by atoms with Crippen molar-refractivity contribution in [3.63, 3.8) is 0 Å². The van der Waals surface area contributed by atoms with Crippen LogP contribution in [-0.4, -0.2) is 27.3 Å². The number of nitrogens with zero attached hydrogens (tertiary/aromatic N) is 3. The molecule has 0 atom stereocenters. The fourth-order valence-corrected chi connectivity index (χ4v) is 3.27. The first kappa shape index (κ1) is 18.4. The van der Waals surface area contributed by atoms with Crippen LogP contribution in [0.15, 0.2) is 52.5 Å². The van der Waals surface area contributed by atoms with Gasteiger partial charge in [0.1, 0.15) is 16.0 Å². The number of halogens is 2. The number of ether oxygens (including phenoxy) is 1. The summed E-state index contributed by atoms with van der Waals surface area (Å²) in [6.07, 6.45) is 1.62. The van der Waals surface area contributed by atoms with E-state index in [1.165, 1.54) is 22.5 Å². The Bertz CT molecular complexity index is 944. The van der Waals surface area contributed by atoms with Crippen LogP contribution in [0.3, 0.4) is 0 Å². The molecule has 0 unspecified atom stereocenters. The zero-order valence-electron chi connectivity index (χ0n) is 14.1. The highest BCUT2D eigenvalue weighted by atomic mass is 35.5. The summed E-state index contributed by atoms with van der Waals surface area (Å²) >= 11 is 7.16. The van der Waals surface area contributed by atoms with Crippen molar-refractivity contribution < 1.29 is 13.9 Å². The van der Waals surface area contributed by atoms with E-state index < -0.39 is 5.97 Å². The molecule has 8 heteroatoms. The van der Waals surface area contributed by atoms with Crippen LogP contribution in [0.2, 0.25) is 5.15 Å². The maximum absolute atomic E-state index is 14.0. The van der Waals surface area contributed by atoms with E-state index in [0.29, 0.717) is 21.4 Å². The van der Waals surface area contributed by atoms with Crippen LogP contribution in [0.25, 0.3) is 5.69 Å². The number of esters is 1. The summed E-state index contributed by atoms with van der Waals surface area (Å²) in [5, 5.41) is 5.34. The highest BCUT2D eigenvalue weighted by Crippen LogP contribution is 2.31. The smallest absolute Gasteiger partial charge is 0.358 e. The maximum atomic E-state index is 14.0. The van der Waals surface area contributed by atoms with Crippen LogP contribution in [0, 0.1) is 12.7 Å². The fraction of sp³-hybridized carbons (Fsp3) is 0.167. The van der Waals surface area contributed by atoms with Crippen LogP contribution in [-0.2, 0) is 4.74 Å². The molecule has 0 radical (unpaired) electrons. The van der Waals surface area contributed by atoms with E-state index in [1.54, 1.807) is 50.4 Å². The predicted octanol–water partition coefficient (Wildman–Crippen LogP) is 4.70. The molecule has 0 spiro atoms. The van der Waals surface area contributed by atoms with E-state index in [-0.39, 0.29) is 18.1 Å². The summed E-state index contributed by atoms with van der Waals surface area (Å²) in [7, 11) is 0. The Morgan fingerprint density at radius 3 is 2.85 bits per heavy atom. The van der Waals surface area contributed by atoms with Gasteiger partial charge in [0.25, 0.3) is 0 Å². The molecule has 5 nitrogen and oxygen atoms in total. The lowest BCUT2D eigenvalue weighted by Gasteiger charge is -2.10. The van der Waals surface area contributed by atoms with Gasteiger partial charge in [0.15, 0.2) is 5.69 Å². The quantitative estimate of drug-likeness (QED) is 0.466. The lowest BCUT2D eigenvalue weighted by molar-refractivity contribution is 0.0519. The minimum atomic E-state index is -0.531. The fourth-order valence-electron chi connectivity index (χ4n) is 2.28. The second kappa shape index (κ2) is 7.88. The number of hydrogen-bond donors (Lipinski definition) is 0. The maximum Gasteiger partial charge on any atom is 0.358 e. The van der Waals surface area contributed by atoms with Crippen LogP contribution in [0.1, 0.15) is 23.0 Å². The van der Waals surface area contributed by atoms with Crippen molar-refractivity contribution in [1.29, 1.82) is 0 Å². The third-order valence-corrected chi connectivity index (χ3v) is 4.75. The Morgan fingerprint density at radius 1 is 1.35 bits per heavy atom. The van der Waals surface area contributed by atoms with Crippen molar-refractivity contribution in [3.05, 3.63) is 64.8 Å². The Morgan fingerprint density at radius 2 is 2.15 bits per heavy atom.